The highest BCUT2D eigenvalue weighted by Crippen LogP contribution is 2.35. The number of piperidine rings is 1. The Morgan fingerprint density at radius 1 is 1.42 bits per heavy atom. The van der Waals surface area contributed by atoms with Gasteiger partial charge in [0.25, 0.3) is 0 Å². The average molecular weight is 343 g/mol. The van der Waals surface area contributed by atoms with Gasteiger partial charge in [-0.2, -0.15) is 0 Å². The highest BCUT2D eigenvalue weighted by atomic mass is 35.5. The number of hydrogen-bond acceptors (Lipinski definition) is 4. The summed E-state index contributed by atoms with van der Waals surface area (Å²) >= 11 is 12.8. The van der Waals surface area contributed by atoms with Gasteiger partial charge in [-0.25, -0.2) is 12.7 Å². The first kappa shape index (κ1) is 15.5. The molecule has 1 aromatic rings. The number of nitrogens with one attached hydrogen (secondary N) is 1. The SMILES string of the molecule is CN(CC1CCNCC1)S(=O)(=O)c1cc(Cl)sc1Cl. The molecule has 1 saturated heterocycles. The first-order valence-corrected chi connectivity index (χ1v) is 9.04. The first-order chi connectivity index (χ1) is 8.91. The van der Waals surface area contributed by atoms with Gasteiger partial charge in [0.15, 0.2) is 0 Å². The third kappa shape index (κ3) is 3.62. The highest BCUT2D eigenvalue weighted by molar-refractivity contribution is 7.89. The largest absolute Gasteiger partial charge is 0.317 e. The van der Waals surface area contributed by atoms with E-state index >= 15 is 0 Å². The van der Waals surface area contributed by atoms with Crippen molar-refractivity contribution in [3.63, 3.8) is 0 Å². The number of nitrogens with zero attached hydrogens (tertiary/aromatic N) is 1. The van der Waals surface area contributed by atoms with E-state index in [9.17, 15) is 8.42 Å². The molecule has 0 unspecified atom stereocenters. The molecule has 1 aromatic heterocycles. The highest BCUT2D eigenvalue weighted by Gasteiger charge is 2.28. The second-order valence-corrected chi connectivity index (χ2v) is 8.97. The average Bonchev–Trinajstić information content (AvgIpc) is 2.70. The van der Waals surface area contributed by atoms with Crippen LogP contribution in [0.4, 0.5) is 0 Å². The zero-order valence-corrected chi connectivity index (χ0v) is 13.7. The minimum atomic E-state index is -3.54. The summed E-state index contributed by atoms with van der Waals surface area (Å²) in [6.45, 7) is 2.42. The van der Waals surface area contributed by atoms with Crippen molar-refractivity contribution in [1.29, 1.82) is 0 Å². The Bertz CT molecular complexity index is 539. The fraction of sp³-hybridized carbons (Fsp3) is 0.636. The van der Waals surface area contributed by atoms with Crippen molar-refractivity contribution in [2.45, 2.75) is 17.7 Å². The van der Waals surface area contributed by atoms with Crippen molar-refractivity contribution >= 4 is 44.6 Å². The van der Waals surface area contributed by atoms with Crippen LogP contribution >= 0.6 is 34.5 Å². The molecule has 0 aromatic carbocycles. The quantitative estimate of drug-likeness (QED) is 0.914. The van der Waals surface area contributed by atoms with Crippen molar-refractivity contribution in [2.75, 3.05) is 26.7 Å². The van der Waals surface area contributed by atoms with E-state index in [-0.39, 0.29) is 9.23 Å². The van der Waals surface area contributed by atoms with Gasteiger partial charge in [0.1, 0.15) is 9.23 Å². The number of halogens is 2. The molecule has 2 rings (SSSR count). The lowest BCUT2D eigenvalue weighted by Crippen LogP contribution is -2.37. The van der Waals surface area contributed by atoms with Crippen LogP contribution in [0.25, 0.3) is 0 Å². The van der Waals surface area contributed by atoms with Crippen LogP contribution < -0.4 is 5.32 Å². The monoisotopic (exact) mass is 342 g/mol. The van der Waals surface area contributed by atoms with Gasteiger partial charge in [-0.05, 0) is 37.9 Å². The minimum Gasteiger partial charge on any atom is -0.317 e. The second-order valence-electron chi connectivity index (χ2n) is 4.67. The zero-order chi connectivity index (χ0) is 14.0. The third-order valence-electron chi connectivity index (χ3n) is 3.29. The lowest BCUT2D eigenvalue weighted by Gasteiger charge is -2.27. The molecule has 2 heterocycles. The Morgan fingerprint density at radius 2 is 2.05 bits per heavy atom. The topological polar surface area (TPSA) is 49.4 Å². The molecule has 4 nitrogen and oxygen atoms in total. The van der Waals surface area contributed by atoms with Gasteiger partial charge in [0.2, 0.25) is 10.0 Å². The van der Waals surface area contributed by atoms with Crippen molar-refractivity contribution in [3.05, 3.63) is 14.7 Å². The van der Waals surface area contributed by atoms with Gasteiger partial charge in [-0.15, -0.1) is 11.3 Å². The van der Waals surface area contributed by atoms with E-state index in [1.54, 1.807) is 7.05 Å². The van der Waals surface area contributed by atoms with Gasteiger partial charge in [0.05, 0.1) is 4.34 Å². The van der Waals surface area contributed by atoms with Crippen LogP contribution in [-0.4, -0.2) is 39.4 Å². The van der Waals surface area contributed by atoms with Crippen LogP contribution in [0.3, 0.4) is 0 Å². The summed E-state index contributed by atoms with van der Waals surface area (Å²) in [4.78, 5) is 0.112. The molecule has 1 aliphatic heterocycles. The fourth-order valence-electron chi connectivity index (χ4n) is 2.19. The maximum atomic E-state index is 12.4. The van der Waals surface area contributed by atoms with E-state index in [4.69, 9.17) is 23.2 Å². The van der Waals surface area contributed by atoms with Crippen LogP contribution in [-0.2, 0) is 10.0 Å². The molecule has 0 atom stereocenters. The van der Waals surface area contributed by atoms with Gasteiger partial charge < -0.3 is 5.32 Å². The number of sulfonamides is 1. The van der Waals surface area contributed by atoms with Crippen molar-refractivity contribution in [3.8, 4) is 0 Å². The summed E-state index contributed by atoms with van der Waals surface area (Å²) in [6.07, 6.45) is 2.00. The number of hydrogen-bond donors (Lipinski definition) is 1. The van der Waals surface area contributed by atoms with E-state index in [2.05, 4.69) is 5.32 Å². The van der Waals surface area contributed by atoms with Gasteiger partial charge in [-0.3, -0.25) is 0 Å². The first-order valence-electron chi connectivity index (χ1n) is 6.03. The molecule has 0 saturated carbocycles. The normalized spacial score (nSPS) is 18.1. The summed E-state index contributed by atoms with van der Waals surface area (Å²) in [6, 6.07) is 1.42. The molecule has 19 heavy (non-hydrogen) atoms. The molecule has 108 valence electrons. The van der Waals surface area contributed by atoms with Gasteiger partial charge in [-0.1, -0.05) is 23.2 Å². The predicted octanol–water partition coefficient (Wildman–Crippen LogP) is 2.68. The van der Waals surface area contributed by atoms with Crippen molar-refractivity contribution in [2.24, 2.45) is 5.92 Å². The van der Waals surface area contributed by atoms with Crippen LogP contribution in [0.15, 0.2) is 11.0 Å². The Labute approximate surface area is 127 Å². The fourth-order valence-corrected chi connectivity index (χ4v) is 5.55. The standard InChI is InChI=1S/C11H16Cl2N2O2S2/c1-15(7-8-2-4-14-5-3-8)19(16,17)9-6-10(12)18-11(9)13/h6,8,14H,2-5,7H2,1H3. The maximum absolute atomic E-state index is 12.4. The lowest BCUT2D eigenvalue weighted by atomic mass is 9.98. The molecule has 0 bridgehead atoms. The van der Waals surface area contributed by atoms with Crippen LogP contribution in [0.2, 0.25) is 8.67 Å². The van der Waals surface area contributed by atoms with Gasteiger partial charge in [0, 0.05) is 13.6 Å². The Balaban J connectivity index is 2.12. The molecule has 0 aliphatic carbocycles. The summed E-state index contributed by atoms with van der Waals surface area (Å²) in [5.74, 6) is 0.397. The molecular weight excluding hydrogens is 327 g/mol. The van der Waals surface area contributed by atoms with E-state index in [1.807, 2.05) is 0 Å². The molecule has 1 fully saturated rings. The number of rotatable bonds is 4. The molecule has 1 N–H and O–H groups in total. The summed E-state index contributed by atoms with van der Waals surface area (Å²) in [5.41, 5.74) is 0. The minimum absolute atomic E-state index is 0.112. The smallest absolute Gasteiger partial charge is 0.245 e. The molecule has 1 aliphatic rings. The second kappa shape index (κ2) is 6.28. The Kier molecular flexibility index (Phi) is 5.14. The molecular formula is C11H16Cl2N2O2S2. The maximum Gasteiger partial charge on any atom is 0.245 e. The van der Waals surface area contributed by atoms with Crippen LogP contribution in [0.5, 0.6) is 0 Å². The van der Waals surface area contributed by atoms with E-state index in [0.717, 1.165) is 37.3 Å². The zero-order valence-electron chi connectivity index (χ0n) is 10.5. The third-order valence-corrected chi connectivity index (χ3v) is 6.86. The summed E-state index contributed by atoms with van der Waals surface area (Å²) in [5, 5.41) is 3.27. The number of thiophene rings is 1. The van der Waals surface area contributed by atoms with E-state index in [0.29, 0.717) is 16.8 Å². The lowest BCUT2D eigenvalue weighted by molar-refractivity contribution is 0.311. The Hall–Kier alpha value is 0.150. The molecule has 8 heteroatoms. The van der Waals surface area contributed by atoms with E-state index in [1.165, 1.54) is 10.4 Å². The van der Waals surface area contributed by atoms with Gasteiger partial charge >= 0.3 is 0 Å². The predicted molar refractivity (Wildman–Crippen MR) is 79.7 cm³/mol. The molecule has 0 radical (unpaired) electrons. The Morgan fingerprint density at radius 3 is 2.58 bits per heavy atom. The van der Waals surface area contributed by atoms with Crippen LogP contribution in [0.1, 0.15) is 12.8 Å². The summed E-state index contributed by atoms with van der Waals surface area (Å²) < 4.78 is 26.8. The van der Waals surface area contributed by atoms with Crippen molar-refractivity contribution in [1.82, 2.24) is 9.62 Å². The van der Waals surface area contributed by atoms with Crippen LogP contribution in [0, 0.1) is 5.92 Å². The van der Waals surface area contributed by atoms with Crippen molar-refractivity contribution < 1.29 is 8.42 Å². The van der Waals surface area contributed by atoms with E-state index < -0.39 is 10.0 Å². The summed E-state index contributed by atoms with van der Waals surface area (Å²) in [7, 11) is -1.94. The molecule has 0 spiro atoms. The molecule has 0 amide bonds.